The Morgan fingerprint density at radius 3 is 2.26 bits per heavy atom. The van der Waals surface area contributed by atoms with Crippen molar-refractivity contribution in [1.29, 1.82) is 0 Å². The molecule has 2 aromatic rings. The number of carbonyl (C=O) groups excluding carboxylic acids is 2. The molecule has 1 amide bonds. The zero-order chi connectivity index (χ0) is 30.0. The van der Waals surface area contributed by atoms with Crippen LogP contribution in [-0.4, -0.2) is 65.4 Å². The van der Waals surface area contributed by atoms with Gasteiger partial charge < -0.3 is 9.47 Å². The van der Waals surface area contributed by atoms with Crippen LogP contribution in [0, 0.1) is 11.8 Å². The van der Waals surface area contributed by atoms with Gasteiger partial charge in [-0.15, -0.1) is 0 Å². The number of benzene rings is 2. The van der Waals surface area contributed by atoms with Crippen molar-refractivity contribution in [3.8, 4) is 0 Å². The molecule has 9 heteroatoms. The Morgan fingerprint density at radius 2 is 1.64 bits per heavy atom. The first-order valence-electron chi connectivity index (χ1n) is 14.8. The molecule has 0 radical (unpaired) electrons. The Morgan fingerprint density at radius 1 is 1.02 bits per heavy atom. The van der Waals surface area contributed by atoms with Crippen LogP contribution >= 0.6 is 23.2 Å². The third kappa shape index (κ3) is 6.91. The van der Waals surface area contributed by atoms with Gasteiger partial charge in [0, 0.05) is 29.1 Å². The Kier molecular flexibility index (Phi) is 9.73. The van der Waals surface area contributed by atoms with Gasteiger partial charge in [-0.2, -0.15) is 5.10 Å². The first-order chi connectivity index (χ1) is 20.1. The average Bonchev–Trinajstić information content (AvgIpc) is 3.33. The minimum absolute atomic E-state index is 0.0161. The molecule has 5 unspecified atom stereocenters. The molecule has 2 aliphatic heterocycles. The summed E-state index contributed by atoms with van der Waals surface area (Å²) in [7, 11) is 0. The molecule has 5 atom stereocenters. The van der Waals surface area contributed by atoms with Gasteiger partial charge in [-0.25, -0.2) is 5.01 Å². The molecule has 2 heterocycles. The fourth-order valence-corrected chi connectivity index (χ4v) is 6.78. The third-order valence-electron chi connectivity index (χ3n) is 8.23. The molecule has 2 aromatic carbocycles. The summed E-state index contributed by atoms with van der Waals surface area (Å²) in [6.45, 7) is 8.92. The highest BCUT2D eigenvalue weighted by Crippen LogP contribution is 2.44. The summed E-state index contributed by atoms with van der Waals surface area (Å²) < 4.78 is 11.6. The van der Waals surface area contributed by atoms with E-state index in [0.29, 0.717) is 23.1 Å². The monoisotopic (exact) mass is 611 g/mol. The molecule has 0 bridgehead atoms. The van der Waals surface area contributed by atoms with E-state index >= 15 is 0 Å². The van der Waals surface area contributed by atoms with Gasteiger partial charge in [0.05, 0.1) is 24.0 Å². The normalized spacial score (nSPS) is 26.2. The summed E-state index contributed by atoms with van der Waals surface area (Å²) in [4.78, 5) is 29.3. The first kappa shape index (κ1) is 30.7. The maximum absolute atomic E-state index is 13.8. The number of allylic oxidation sites excluding steroid dienone is 1. The third-order valence-corrected chi connectivity index (χ3v) is 8.74. The molecule has 1 saturated carbocycles. The SMILES string of the molecule is CC1CN(C(C(=O)OCC(=O)N2N=C3/C(=C\c4ccc(Cl)cc4)CCCC3C2c2ccc(Cl)cc2)C(C)C)CC(C)O1. The second-order valence-corrected chi connectivity index (χ2v) is 12.8. The minimum atomic E-state index is -0.458. The number of rotatable bonds is 7. The summed E-state index contributed by atoms with van der Waals surface area (Å²) in [5.41, 5.74) is 4.00. The molecule has 7 nitrogen and oxygen atoms in total. The van der Waals surface area contributed by atoms with Crippen molar-refractivity contribution in [3.63, 3.8) is 0 Å². The number of esters is 1. The first-order valence-corrected chi connectivity index (χ1v) is 15.5. The van der Waals surface area contributed by atoms with Crippen LogP contribution in [0.5, 0.6) is 0 Å². The lowest BCUT2D eigenvalue weighted by atomic mass is 9.77. The van der Waals surface area contributed by atoms with Crippen molar-refractivity contribution < 1.29 is 19.1 Å². The number of hydrazone groups is 1. The van der Waals surface area contributed by atoms with Crippen LogP contribution in [0.1, 0.15) is 64.1 Å². The molecule has 2 fully saturated rings. The number of ether oxygens (including phenoxy) is 2. The van der Waals surface area contributed by atoms with Gasteiger partial charge >= 0.3 is 5.97 Å². The Balaban J connectivity index is 1.38. The van der Waals surface area contributed by atoms with Crippen LogP contribution in [0.2, 0.25) is 10.0 Å². The van der Waals surface area contributed by atoms with E-state index in [-0.39, 0.29) is 42.6 Å². The number of nitrogens with zero attached hydrogens (tertiary/aromatic N) is 3. The quantitative estimate of drug-likeness (QED) is 0.322. The summed E-state index contributed by atoms with van der Waals surface area (Å²) in [6, 6.07) is 14.5. The van der Waals surface area contributed by atoms with Gasteiger partial charge in [-0.1, -0.05) is 61.3 Å². The zero-order valence-corrected chi connectivity index (χ0v) is 26.1. The molecule has 5 rings (SSSR count). The van der Waals surface area contributed by atoms with E-state index in [9.17, 15) is 9.59 Å². The topological polar surface area (TPSA) is 71.4 Å². The summed E-state index contributed by atoms with van der Waals surface area (Å²) in [5.74, 6) is -0.696. The lowest BCUT2D eigenvalue weighted by Crippen LogP contribution is -2.55. The fraction of sp³-hybridized carbons (Fsp3) is 0.485. The van der Waals surface area contributed by atoms with Crippen LogP contribution in [0.3, 0.4) is 0 Å². The highest BCUT2D eigenvalue weighted by molar-refractivity contribution is 6.30. The largest absolute Gasteiger partial charge is 0.454 e. The molecule has 1 aliphatic carbocycles. The second-order valence-electron chi connectivity index (χ2n) is 11.9. The zero-order valence-electron chi connectivity index (χ0n) is 24.6. The van der Waals surface area contributed by atoms with E-state index in [1.54, 1.807) is 0 Å². The van der Waals surface area contributed by atoms with Gasteiger partial charge in [-0.05, 0) is 86.1 Å². The number of morpholine rings is 1. The average molecular weight is 613 g/mol. The fourth-order valence-electron chi connectivity index (χ4n) is 6.53. The Hall–Kier alpha value is -2.71. The lowest BCUT2D eigenvalue weighted by Gasteiger charge is -2.40. The molecule has 0 aromatic heterocycles. The second kappa shape index (κ2) is 13.3. The van der Waals surface area contributed by atoms with Gasteiger partial charge in [0.15, 0.2) is 6.61 Å². The van der Waals surface area contributed by atoms with E-state index in [0.717, 1.165) is 41.7 Å². The number of fused-ring (bicyclic) bond motifs is 1. The lowest BCUT2D eigenvalue weighted by molar-refractivity contribution is -0.163. The molecule has 3 aliphatic rings. The van der Waals surface area contributed by atoms with Gasteiger partial charge in [0.25, 0.3) is 5.91 Å². The molecule has 1 saturated heterocycles. The molecule has 0 N–H and O–H groups in total. The highest BCUT2D eigenvalue weighted by Gasteiger charge is 2.44. The number of hydrogen-bond acceptors (Lipinski definition) is 6. The van der Waals surface area contributed by atoms with Crippen LogP contribution in [0.15, 0.2) is 59.2 Å². The Bertz CT molecular complexity index is 1330. The molecular weight excluding hydrogens is 573 g/mol. The number of amides is 1. The smallest absolute Gasteiger partial charge is 0.324 e. The minimum Gasteiger partial charge on any atom is -0.454 e. The molecular formula is C33H39Cl2N3O4. The van der Waals surface area contributed by atoms with Crippen LogP contribution < -0.4 is 0 Å². The van der Waals surface area contributed by atoms with Crippen molar-refractivity contribution >= 4 is 46.9 Å². The maximum Gasteiger partial charge on any atom is 0.324 e. The number of hydrogen-bond donors (Lipinski definition) is 0. The van der Waals surface area contributed by atoms with Crippen molar-refractivity contribution in [1.82, 2.24) is 9.91 Å². The van der Waals surface area contributed by atoms with Gasteiger partial charge in [0.1, 0.15) is 6.04 Å². The van der Waals surface area contributed by atoms with E-state index < -0.39 is 12.0 Å². The maximum atomic E-state index is 13.8. The van der Waals surface area contributed by atoms with Crippen molar-refractivity contribution in [2.45, 2.75) is 71.2 Å². The predicted octanol–water partition coefficient (Wildman–Crippen LogP) is 6.79. The highest BCUT2D eigenvalue weighted by atomic mass is 35.5. The molecule has 224 valence electrons. The van der Waals surface area contributed by atoms with E-state index in [2.05, 4.69) is 11.0 Å². The number of halogens is 2. The van der Waals surface area contributed by atoms with Crippen molar-refractivity contribution in [3.05, 3.63) is 75.3 Å². The van der Waals surface area contributed by atoms with E-state index in [1.165, 1.54) is 5.01 Å². The predicted molar refractivity (Wildman–Crippen MR) is 166 cm³/mol. The standard InChI is InChI=1S/C33H39Cl2N3O4/c1-20(2)31(37-17-21(3)42-22(4)18-37)33(40)41-19-29(39)38-32(24-10-14-27(35)15-11-24)28-7-5-6-25(30(28)36-38)16-23-8-12-26(34)13-9-23/h8-16,20-22,28,31-32H,5-7,17-19H2,1-4H3/b25-16-. The van der Waals surface area contributed by atoms with Crippen LogP contribution in [0.25, 0.3) is 6.08 Å². The molecule has 0 spiro atoms. The summed E-state index contributed by atoms with van der Waals surface area (Å²) in [5, 5.41) is 7.75. The van der Waals surface area contributed by atoms with Crippen LogP contribution in [0.4, 0.5) is 0 Å². The van der Waals surface area contributed by atoms with E-state index in [4.69, 9.17) is 37.8 Å². The Labute approximate surface area is 258 Å². The van der Waals surface area contributed by atoms with Crippen molar-refractivity contribution in [2.24, 2.45) is 16.9 Å². The van der Waals surface area contributed by atoms with Crippen molar-refractivity contribution in [2.75, 3.05) is 19.7 Å². The van der Waals surface area contributed by atoms with Crippen LogP contribution in [-0.2, 0) is 19.1 Å². The van der Waals surface area contributed by atoms with Gasteiger partial charge in [-0.3, -0.25) is 14.5 Å². The number of carbonyl (C=O) groups is 2. The van der Waals surface area contributed by atoms with Gasteiger partial charge in [0.2, 0.25) is 0 Å². The molecule has 42 heavy (non-hydrogen) atoms. The summed E-state index contributed by atoms with van der Waals surface area (Å²) >= 11 is 12.3. The summed E-state index contributed by atoms with van der Waals surface area (Å²) in [6.07, 6.45) is 4.92. The van der Waals surface area contributed by atoms with E-state index in [1.807, 2.05) is 76.2 Å².